The van der Waals surface area contributed by atoms with E-state index in [1.807, 2.05) is 11.0 Å². The molecule has 2 aromatic rings. The number of carboxylic acids is 1. The van der Waals surface area contributed by atoms with Crippen molar-refractivity contribution in [2.45, 2.75) is 6.04 Å². The van der Waals surface area contributed by atoms with Crippen LogP contribution >= 0.6 is 40.7 Å². The molecule has 1 saturated heterocycles. The molecule has 4 nitrogen and oxygen atoms in total. The number of hydrogen-bond acceptors (Lipinski definition) is 3. The molecule has 0 bridgehead atoms. The zero-order chi connectivity index (χ0) is 16.9. The van der Waals surface area contributed by atoms with Gasteiger partial charge in [-0.15, -0.1) is 24.8 Å². The van der Waals surface area contributed by atoms with E-state index in [0.29, 0.717) is 0 Å². The van der Waals surface area contributed by atoms with E-state index in [4.69, 9.17) is 5.11 Å². The lowest BCUT2D eigenvalue weighted by Gasteiger charge is -2.39. The number of rotatable bonds is 5. The van der Waals surface area contributed by atoms with Gasteiger partial charge in [-0.3, -0.25) is 14.6 Å². The van der Waals surface area contributed by atoms with Gasteiger partial charge in [0.1, 0.15) is 0 Å². The fourth-order valence-corrected chi connectivity index (χ4v) is 3.53. The molecule has 0 spiro atoms. The highest BCUT2D eigenvalue weighted by Gasteiger charge is 2.26. The lowest BCUT2D eigenvalue weighted by molar-refractivity contribution is -0.138. The summed E-state index contributed by atoms with van der Waals surface area (Å²) in [5.41, 5.74) is 2.53. The molecule has 142 valence electrons. The van der Waals surface area contributed by atoms with E-state index in [1.54, 1.807) is 0 Å². The third-order valence-corrected chi connectivity index (χ3v) is 4.96. The van der Waals surface area contributed by atoms with E-state index in [-0.39, 0.29) is 37.4 Å². The minimum Gasteiger partial charge on any atom is -0.480 e. The van der Waals surface area contributed by atoms with Crippen molar-refractivity contribution < 1.29 is 9.90 Å². The highest BCUT2D eigenvalue weighted by atomic mass is 79.9. The SMILES string of the molecule is Cl.Cl.O=C(O)CN1CCN([C@H](c2ccccc2)c2ccc(Br)cc2)CC1. The fraction of sp³-hybridized carbons (Fsp3) is 0.316. The second-order valence-corrected chi connectivity index (χ2v) is 6.99. The van der Waals surface area contributed by atoms with Gasteiger partial charge >= 0.3 is 5.97 Å². The van der Waals surface area contributed by atoms with Crippen LogP contribution in [0.2, 0.25) is 0 Å². The Morgan fingerprint density at radius 3 is 2.00 bits per heavy atom. The van der Waals surface area contributed by atoms with Crippen molar-refractivity contribution >= 4 is 46.7 Å². The first-order valence-corrected chi connectivity index (χ1v) is 8.91. The number of carboxylic acid groups (broad SMARTS) is 1. The van der Waals surface area contributed by atoms with E-state index in [9.17, 15) is 4.79 Å². The molecule has 3 rings (SSSR count). The molecular weight excluding hydrogens is 439 g/mol. The quantitative estimate of drug-likeness (QED) is 0.728. The summed E-state index contributed by atoms with van der Waals surface area (Å²) in [6.07, 6.45) is 0. The molecule has 1 aliphatic heterocycles. The normalized spacial score (nSPS) is 16.2. The summed E-state index contributed by atoms with van der Waals surface area (Å²) >= 11 is 3.50. The molecule has 0 saturated carbocycles. The molecular formula is C19H23BrCl2N2O2. The zero-order valence-electron chi connectivity index (χ0n) is 14.3. The molecule has 1 heterocycles. The van der Waals surface area contributed by atoms with Crippen molar-refractivity contribution in [1.29, 1.82) is 0 Å². The smallest absolute Gasteiger partial charge is 0.317 e. The Morgan fingerprint density at radius 1 is 0.923 bits per heavy atom. The summed E-state index contributed by atoms with van der Waals surface area (Å²) in [5, 5.41) is 8.96. The molecule has 1 N–H and O–H groups in total. The van der Waals surface area contributed by atoms with Crippen LogP contribution in [0.1, 0.15) is 17.2 Å². The van der Waals surface area contributed by atoms with E-state index >= 15 is 0 Å². The number of halogens is 3. The second-order valence-electron chi connectivity index (χ2n) is 6.07. The van der Waals surface area contributed by atoms with Gasteiger partial charge < -0.3 is 5.11 Å². The van der Waals surface area contributed by atoms with Crippen LogP contribution in [-0.4, -0.2) is 53.6 Å². The average molecular weight is 462 g/mol. The van der Waals surface area contributed by atoms with Crippen LogP contribution in [0.3, 0.4) is 0 Å². The van der Waals surface area contributed by atoms with Gasteiger partial charge in [-0.25, -0.2) is 0 Å². The van der Waals surface area contributed by atoms with Crippen molar-refractivity contribution in [2.24, 2.45) is 0 Å². The summed E-state index contributed by atoms with van der Waals surface area (Å²) in [7, 11) is 0. The molecule has 0 aromatic heterocycles. The van der Waals surface area contributed by atoms with Gasteiger partial charge in [0.05, 0.1) is 12.6 Å². The number of benzene rings is 2. The molecule has 26 heavy (non-hydrogen) atoms. The van der Waals surface area contributed by atoms with Crippen LogP contribution in [0.4, 0.5) is 0 Å². The Bertz CT molecular complexity index is 678. The van der Waals surface area contributed by atoms with Crippen LogP contribution in [0.5, 0.6) is 0 Å². The minimum absolute atomic E-state index is 0. The molecule has 0 radical (unpaired) electrons. The van der Waals surface area contributed by atoms with Crippen LogP contribution < -0.4 is 0 Å². The predicted molar refractivity (Wildman–Crippen MR) is 113 cm³/mol. The lowest BCUT2D eigenvalue weighted by atomic mass is 9.96. The van der Waals surface area contributed by atoms with Crippen molar-refractivity contribution in [1.82, 2.24) is 9.80 Å². The van der Waals surface area contributed by atoms with Crippen molar-refractivity contribution in [2.75, 3.05) is 32.7 Å². The van der Waals surface area contributed by atoms with Gasteiger partial charge in [-0.1, -0.05) is 58.4 Å². The molecule has 0 amide bonds. The maximum absolute atomic E-state index is 10.9. The Kier molecular flexibility index (Phi) is 9.61. The van der Waals surface area contributed by atoms with Gasteiger partial charge in [0, 0.05) is 30.7 Å². The summed E-state index contributed by atoms with van der Waals surface area (Å²) in [5.74, 6) is -0.754. The van der Waals surface area contributed by atoms with Gasteiger partial charge in [-0.05, 0) is 23.3 Å². The Labute approximate surface area is 175 Å². The number of hydrogen-bond donors (Lipinski definition) is 1. The predicted octanol–water partition coefficient (Wildman–Crippen LogP) is 4.08. The fourth-order valence-electron chi connectivity index (χ4n) is 3.27. The summed E-state index contributed by atoms with van der Waals surface area (Å²) in [4.78, 5) is 15.3. The van der Waals surface area contributed by atoms with Gasteiger partial charge in [-0.2, -0.15) is 0 Å². The maximum Gasteiger partial charge on any atom is 0.317 e. The topological polar surface area (TPSA) is 43.8 Å². The number of nitrogens with zero attached hydrogens (tertiary/aromatic N) is 2. The summed E-state index contributed by atoms with van der Waals surface area (Å²) < 4.78 is 1.07. The first-order valence-electron chi connectivity index (χ1n) is 8.12. The van der Waals surface area contributed by atoms with Crippen LogP contribution in [0.25, 0.3) is 0 Å². The average Bonchev–Trinajstić information content (AvgIpc) is 2.59. The summed E-state index contributed by atoms with van der Waals surface area (Å²) in [6, 6.07) is 19.2. The Hall–Kier alpha value is -1.11. The highest BCUT2D eigenvalue weighted by molar-refractivity contribution is 9.10. The molecule has 1 fully saturated rings. The van der Waals surface area contributed by atoms with Crippen molar-refractivity contribution in [3.63, 3.8) is 0 Å². The Balaban J connectivity index is 0.00000169. The van der Waals surface area contributed by atoms with E-state index in [1.165, 1.54) is 11.1 Å². The third-order valence-electron chi connectivity index (χ3n) is 4.43. The highest BCUT2D eigenvalue weighted by Crippen LogP contribution is 2.30. The number of carbonyl (C=O) groups is 1. The summed E-state index contributed by atoms with van der Waals surface area (Å²) in [6.45, 7) is 3.42. The maximum atomic E-state index is 10.9. The lowest BCUT2D eigenvalue weighted by Crippen LogP contribution is -2.49. The first kappa shape index (κ1) is 22.9. The van der Waals surface area contributed by atoms with Crippen LogP contribution in [0, 0.1) is 0 Å². The molecule has 1 aliphatic rings. The van der Waals surface area contributed by atoms with Crippen molar-refractivity contribution in [3.8, 4) is 0 Å². The number of aliphatic carboxylic acids is 1. The van der Waals surface area contributed by atoms with Gasteiger partial charge in [0.2, 0.25) is 0 Å². The first-order chi connectivity index (χ1) is 11.6. The molecule has 1 atom stereocenters. The van der Waals surface area contributed by atoms with E-state index in [2.05, 4.69) is 69.4 Å². The van der Waals surface area contributed by atoms with Crippen LogP contribution in [-0.2, 0) is 4.79 Å². The van der Waals surface area contributed by atoms with E-state index in [0.717, 1.165) is 30.7 Å². The zero-order valence-corrected chi connectivity index (χ0v) is 17.5. The van der Waals surface area contributed by atoms with Gasteiger partial charge in [0.25, 0.3) is 0 Å². The minimum atomic E-state index is -0.754. The molecule has 0 aliphatic carbocycles. The monoisotopic (exact) mass is 460 g/mol. The van der Waals surface area contributed by atoms with Crippen LogP contribution in [0.15, 0.2) is 59.1 Å². The number of piperazine rings is 1. The Morgan fingerprint density at radius 2 is 1.46 bits per heavy atom. The standard InChI is InChI=1S/C19H21BrN2O2.2ClH/c20-17-8-6-16(7-9-17)19(15-4-2-1-3-5-15)22-12-10-21(11-13-22)14-18(23)24;;/h1-9,19H,10-14H2,(H,23,24);2*1H/t19-;;/m1../s1. The van der Waals surface area contributed by atoms with E-state index < -0.39 is 5.97 Å². The molecule has 2 aromatic carbocycles. The third kappa shape index (κ3) is 5.96. The van der Waals surface area contributed by atoms with Crippen molar-refractivity contribution in [3.05, 3.63) is 70.2 Å². The molecule has 0 unspecified atom stereocenters. The second kappa shape index (κ2) is 10.9. The molecule has 7 heteroatoms. The largest absolute Gasteiger partial charge is 0.480 e. The van der Waals surface area contributed by atoms with Gasteiger partial charge in [0.15, 0.2) is 0 Å².